The molecule has 0 atom stereocenters. The van der Waals surface area contributed by atoms with Crippen LogP contribution < -0.4 is 0 Å². The number of fused-ring (bicyclic) bond motifs is 1. The van der Waals surface area contributed by atoms with Gasteiger partial charge in [0.25, 0.3) is 0 Å². The second-order valence-corrected chi connectivity index (χ2v) is 6.49. The number of carbonyl (C=O) groups is 1. The Hall–Kier alpha value is -2.66. The second kappa shape index (κ2) is 6.69. The van der Waals surface area contributed by atoms with Gasteiger partial charge < -0.3 is 9.32 Å². The van der Waals surface area contributed by atoms with Crippen molar-refractivity contribution in [2.45, 2.75) is 13.5 Å². The molecule has 0 N–H and O–H groups in total. The number of aromatic nitrogens is 1. The van der Waals surface area contributed by atoms with Crippen molar-refractivity contribution in [3.8, 4) is 11.1 Å². The number of nitrogens with zero attached hydrogens (tertiary/aromatic N) is 3. The van der Waals surface area contributed by atoms with E-state index in [-0.39, 0.29) is 5.91 Å². The lowest BCUT2D eigenvalue weighted by molar-refractivity contribution is -0.130. The normalized spacial score (nSPS) is 15.6. The number of rotatable bonds is 3. The molecular weight excluding hydrogens is 314 g/mol. The summed E-state index contributed by atoms with van der Waals surface area (Å²) in [5, 5.41) is 1.11. The Bertz CT molecular complexity index is 880. The van der Waals surface area contributed by atoms with Crippen LogP contribution in [0.4, 0.5) is 0 Å². The average Bonchev–Trinajstić information content (AvgIpc) is 3.04. The molecule has 2 aromatic heterocycles. The highest BCUT2D eigenvalue weighted by Crippen LogP contribution is 2.27. The highest BCUT2D eigenvalue weighted by atomic mass is 16.3. The largest absolute Gasteiger partial charge is 0.460 e. The molecule has 0 aliphatic carbocycles. The monoisotopic (exact) mass is 335 g/mol. The van der Waals surface area contributed by atoms with Gasteiger partial charge in [-0.15, -0.1) is 0 Å². The van der Waals surface area contributed by atoms with E-state index >= 15 is 0 Å². The Labute approximate surface area is 146 Å². The molecule has 0 unspecified atom stereocenters. The van der Waals surface area contributed by atoms with E-state index < -0.39 is 0 Å². The van der Waals surface area contributed by atoms with E-state index in [4.69, 9.17) is 4.42 Å². The number of amides is 1. The van der Waals surface area contributed by atoms with Crippen molar-refractivity contribution in [1.29, 1.82) is 0 Å². The summed E-state index contributed by atoms with van der Waals surface area (Å²) in [6.07, 6.45) is 3.65. The third-order valence-electron chi connectivity index (χ3n) is 4.76. The fourth-order valence-corrected chi connectivity index (χ4v) is 3.33. The van der Waals surface area contributed by atoms with Gasteiger partial charge in [0.2, 0.25) is 5.91 Å². The molecule has 0 spiro atoms. The van der Waals surface area contributed by atoms with Crippen molar-refractivity contribution in [3.63, 3.8) is 0 Å². The molecule has 1 aromatic carbocycles. The summed E-state index contributed by atoms with van der Waals surface area (Å²) < 4.78 is 6.00. The molecule has 0 saturated carbocycles. The lowest BCUT2D eigenvalue weighted by atomic mass is 10.1. The molecule has 1 fully saturated rings. The van der Waals surface area contributed by atoms with Crippen LogP contribution in [0.3, 0.4) is 0 Å². The zero-order valence-electron chi connectivity index (χ0n) is 14.3. The van der Waals surface area contributed by atoms with E-state index in [9.17, 15) is 4.79 Å². The highest BCUT2D eigenvalue weighted by molar-refractivity contribution is 5.84. The first kappa shape index (κ1) is 15.8. The van der Waals surface area contributed by atoms with Crippen LogP contribution in [0.2, 0.25) is 0 Å². The third-order valence-corrected chi connectivity index (χ3v) is 4.76. The van der Waals surface area contributed by atoms with Gasteiger partial charge in [0.05, 0.1) is 6.54 Å². The van der Waals surface area contributed by atoms with Crippen molar-refractivity contribution in [2.24, 2.45) is 0 Å². The molecule has 5 heteroatoms. The lowest BCUT2D eigenvalue weighted by Crippen LogP contribution is -2.47. The van der Waals surface area contributed by atoms with Gasteiger partial charge in [0.15, 0.2) is 0 Å². The minimum absolute atomic E-state index is 0.159. The minimum atomic E-state index is 0.159. The predicted molar refractivity (Wildman–Crippen MR) is 97.0 cm³/mol. The van der Waals surface area contributed by atoms with Gasteiger partial charge in [-0.3, -0.25) is 14.7 Å². The third kappa shape index (κ3) is 3.42. The summed E-state index contributed by atoms with van der Waals surface area (Å²) in [4.78, 5) is 19.8. The summed E-state index contributed by atoms with van der Waals surface area (Å²) in [5.74, 6) is 1.13. The maximum Gasteiger partial charge on any atom is 0.219 e. The molecule has 4 rings (SSSR count). The molecule has 25 heavy (non-hydrogen) atoms. The number of furan rings is 1. The van der Waals surface area contributed by atoms with Gasteiger partial charge in [0, 0.05) is 56.4 Å². The SMILES string of the molecule is CC(=O)N1CCN(Cc2cc3cc(-c4cccnc4)ccc3o2)CC1. The molecule has 5 nitrogen and oxygen atoms in total. The van der Waals surface area contributed by atoms with E-state index in [0.717, 1.165) is 60.6 Å². The van der Waals surface area contributed by atoms with E-state index in [1.54, 1.807) is 13.1 Å². The molecule has 3 aromatic rings. The first-order valence-electron chi connectivity index (χ1n) is 8.60. The number of benzene rings is 1. The summed E-state index contributed by atoms with van der Waals surface area (Å²) in [7, 11) is 0. The Kier molecular flexibility index (Phi) is 4.24. The van der Waals surface area contributed by atoms with Crippen molar-refractivity contribution in [1.82, 2.24) is 14.8 Å². The van der Waals surface area contributed by atoms with E-state index in [1.165, 1.54) is 0 Å². The van der Waals surface area contributed by atoms with Crippen LogP contribution in [0.15, 0.2) is 53.2 Å². The van der Waals surface area contributed by atoms with Crippen molar-refractivity contribution < 1.29 is 9.21 Å². The van der Waals surface area contributed by atoms with E-state index in [2.05, 4.69) is 34.1 Å². The maximum atomic E-state index is 11.4. The van der Waals surface area contributed by atoms with Crippen LogP contribution in [-0.2, 0) is 11.3 Å². The van der Waals surface area contributed by atoms with Gasteiger partial charge in [-0.1, -0.05) is 12.1 Å². The van der Waals surface area contributed by atoms with Gasteiger partial charge in [-0.25, -0.2) is 0 Å². The van der Waals surface area contributed by atoms with E-state index in [0.29, 0.717) is 0 Å². The summed E-state index contributed by atoms with van der Waals surface area (Å²) in [6, 6.07) is 12.4. The number of piperazine rings is 1. The molecule has 0 bridgehead atoms. The first-order chi connectivity index (χ1) is 12.2. The van der Waals surface area contributed by atoms with Crippen LogP contribution in [0, 0.1) is 0 Å². The standard InChI is InChI=1S/C20H21N3O2/c1-15(24)23-9-7-22(8-10-23)14-19-12-18-11-16(4-5-20(18)25-19)17-3-2-6-21-13-17/h2-6,11-13H,7-10,14H2,1H3. The number of hydrogen-bond acceptors (Lipinski definition) is 4. The van der Waals surface area contributed by atoms with E-state index in [1.807, 2.05) is 23.2 Å². The van der Waals surface area contributed by atoms with Crippen LogP contribution in [0.5, 0.6) is 0 Å². The first-order valence-corrected chi connectivity index (χ1v) is 8.60. The molecule has 1 amide bonds. The topological polar surface area (TPSA) is 49.6 Å². The number of hydrogen-bond donors (Lipinski definition) is 0. The molecule has 1 aliphatic heterocycles. The molecule has 128 valence electrons. The lowest BCUT2D eigenvalue weighted by Gasteiger charge is -2.33. The smallest absolute Gasteiger partial charge is 0.219 e. The summed E-state index contributed by atoms with van der Waals surface area (Å²) in [5.41, 5.74) is 3.15. The second-order valence-electron chi connectivity index (χ2n) is 6.49. The quantitative estimate of drug-likeness (QED) is 0.738. The number of carbonyl (C=O) groups excluding carboxylic acids is 1. The zero-order chi connectivity index (χ0) is 17.2. The Balaban J connectivity index is 1.49. The fraction of sp³-hybridized carbons (Fsp3) is 0.300. The molecule has 0 radical (unpaired) electrons. The molecule has 1 saturated heterocycles. The van der Waals surface area contributed by atoms with Crippen LogP contribution in [-0.4, -0.2) is 46.9 Å². The summed E-state index contributed by atoms with van der Waals surface area (Å²) in [6.45, 7) is 5.77. The minimum Gasteiger partial charge on any atom is -0.460 e. The molecule has 1 aliphatic rings. The fourth-order valence-electron chi connectivity index (χ4n) is 3.33. The van der Waals surface area contributed by atoms with Gasteiger partial charge in [-0.05, 0) is 29.8 Å². The Morgan fingerprint density at radius 1 is 1.12 bits per heavy atom. The van der Waals surface area contributed by atoms with Crippen LogP contribution in [0.25, 0.3) is 22.1 Å². The zero-order valence-corrected chi connectivity index (χ0v) is 14.3. The number of pyridine rings is 1. The molecular formula is C20H21N3O2. The predicted octanol–water partition coefficient (Wildman–Crippen LogP) is 3.16. The van der Waals surface area contributed by atoms with Crippen LogP contribution >= 0.6 is 0 Å². The highest BCUT2D eigenvalue weighted by Gasteiger charge is 2.19. The van der Waals surface area contributed by atoms with Crippen molar-refractivity contribution >= 4 is 16.9 Å². The average molecular weight is 335 g/mol. The van der Waals surface area contributed by atoms with Gasteiger partial charge in [0.1, 0.15) is 11.3 Å². The summed E-state index contributed by atoms with van der Waals surface area (Å²) >= 11 is 0. The Morgan fingerprint density at radius 2 is 1.96 bits per heavy atom. The van der Waals surface area contributed by atoms with Crippen molar-refractivity contribution in [3.05, 3.63) is 54.6 Å². The van der Waals surface area contributed by atoms with Gasteiger partial charge in [-0.2, -0.15) is 0 Å². The van der Waals surface area contributed by atoms with Crippen LogP contribution in [0.1, 0.15) is 12.7 Å². The maximum absolute atomic E-state index is 11.4. The van der Waals surface area contributed by atoms with Gasteiger partial charge >= 0.3 is 0 Å². The Morgan fingerprint density at radius 3 is 2.68 bits per heavy atom. The van der Waals surface area contributed by atoms with Crippen molar-refractivity contribution in [2.75, 3.05) is 26.2 Å². The molecule has 3 heterocycles.